The zero-order valence-electron chi connectivity index (χ0n) is 32.4. The van der Waals surface area contributed by atoms with Crippen LogP contribution in [0.25, 0.3) is 131 Å². The average molecular weight is 763 g/mol. The smallest absolute Gasteiger partial charge is 0.178 e. The molecule has 0 radical (unpaired) electrons. The molecule has 0 spiro atoms. The summed E-state index contributed by atoms with van der Waals surface area (Å²) in [6.45, 7) is 0. The van der Waals surface area contributed by atoms with Crippen molar-refractivity contribution in [1.82, 2.24) is 0 Å². The summed E-state index contributed by atoms with van der Waals surface area (Å²) >= 11 is 0. The summed E-state index contributed by atoms with van der Waals surface area (Å²) in [7, 11) is 0. The zero-order valence-corrected chi connectivity index (χ0v) is 32.4. The van der Waals surface area contributed by atoms with E-state index in [1.165, 1.54) is 76.5 Å². The fourth-order valence-electron chi connectivity index (χ4n) is 9.37. The summed E-state index contributed by atoms with van der Waals surface area (Å²) in [5, 5.41) is 14.2. The van der Waals surface area contributed by atoms with Crippen LogP contribution in [0.4, 0.5) is 0 Å². The van der Waals surface area contributed by atoms with Crippen LogP contribution in [0.5, 0.6) is 0 Å². The fraction of sp³-hybridized carbons (Fsp3) is 0. The molecule has 11 aromatic carbocycles. The van der Waals surface area contributed by atoms with Crippen LogP contribution in [-0.2, 0) is 0 Å². The van der Waals surface area contributed by atoms with Crippen LogP contribution in [0.1, 0.15) is 0 Å². The molecule has 0 N–H and O–H groups in total. The lowest BCUT2D eigenvalue weighted by atomic mass is 9.96. The van der Waals surface area contributed by atoms with Crippen molar-refractivity contribution in [3.05, 3.63) is 206 Å². The SMILES string of the molecule is c1ccc2cc(-c3ccc4cc(-c5ccc6oc7c(ccc8c9cc(-c%10ccc%11cc(-c%12ccc%13ccccc%13c%12)ccc%11c%10)ccc9oc87)c6c5)ccc4c3)ccc2c1. The number of hydrogen-bond acceptors (Lipinski definition) is 2. The van der Waals surface area contributed by atoms with Crippen LogP contribution in [0.15, 0.2) is 215 Å². The van der Waals surface area contributed by atoms with Gasteiger partial charge in [0.2, 0.25) is 0 Å². The van der Waals surface area contributed by atoms with E-state index in [0.717, 1.165) is 55.0 Å². The predicted molar refractivity (Wildman–Crippen MR) is 253 cm³/mol. The first kappa shape index (κ1) is 33.1. The van der Waals surface area contributed by atoms with E-state index in [-0.39, 0.29) is 0 Å². The van der Waals surface area contributed by atoms with Crippen molar-refractivity contribution in [2.24, 2.45) is 0 Å². The molecule has 0 fully saturated rings. The van der Waals surface area contributed by atoms with E-state index >= 15 is 0 Å². The molecule has 2 heterocycles. The first-order chi connectivity index (χ1) is 29.6. The summed E-state index contributed by atoms with van der Waals surface area (Å²) in [5.74, 6) is 0. The van der Waals surface area contributed by atoms with E-state index < -0.39 is 0 Å². The lowest BCUT2D eigenvalue weighted by Gasteiger charge is -2.08. The maximum absolute atomic E-state index is 6.57. The normalized spacial score (nSPS) is 12.0. The minimum absolute atomic E-state index is 0.782. The second-order valence-corrected chi connectivity index (χ2v) is 16.1. The van der Waals surface area contributed by atoms with Crippen molar-refractivity contribution < 1.29 is 8.83 Å². The summed E-state index contributed by atoms with van der Waals surface area (Å²) in [5.41, 5.74) is 12.8. The van der Waals surface area contributed by atoms with Crippen LogP contribution in [0, 0.1) is 0 Å². The Hall–Kier alpha value is -7.94. The van der Waals surface area contributed by atoms with Crippen molar-refractivity contribution in [1.29, 1.82) is 0 Å². The van der Waals surface area contributed by atoms with E-state index in [9.17, 15) is 0 Å². The molecule has 0 bridgehead atoms. The summed E-state index contributed by atoms with van der Waals surface area (Å²) in [6, 6.07) is 74.9. The van der Waals surface area contributed by atoms with Gasteiger partial charge >= 0.3 is 0 Å². The van der Waals surface area contributed by atoms with Crippen LogP contribution in [0.2, 0.25) is 0 Å². The lowest BCUT2D eigenvalue weighted by molar-refractivity contribution is 0.633. The highest BCUT2D eigenvalue weighted by Crippen LogP contribution is 2.41. The van der Waals surface area contributed by atoms with Crippen LogP contribution in [-0.4, -0.2) is 0 Å². The topological polar surface area (TPSA) is 26.3 Å². The van der Waals surface area contributed by atoms with Gasteiger partial charge in [0, 0.05) is 21.5 Å². The molecule has 0 saturated carbocycles. The van der Waals surface area contributed by atoms with Gasteiger partial charge in [0.1, 0.15) is 11.2 Å². The quantitative estimate of drug-likeness (QED) is 0.178. The second kappa shape index (κ2) is 12.8. The summed E-state index contributed by atoms with van der Waals surface area (Å²) in [6.07, 6.45) is 0. The Balaban J connectivity index is 0.825. The van der Waals surface area contributed by atoms with Crippen LogP contribution in [0.3, 0.4) is 0 Å². The standard InChI is InChI=1S/C58H34O2/c1-3-7-37-27-39(11-9-35(37)5-1)41-13-15-45-31-47(19-17-43(45)29-41)49-21-25-55-53(33-49)51-23-24-52-54-34-50(22-26-56(54)60-58(52)57(51)59-55)48-20-18-44-30-42(14-16-46(44)32-48)40-12-10-36-6-2-4-8-38(36)28-40/h1-34H. The Morgan fingerprint density at radius 1 is 0.200 bits per heavy atom. The molecule has 0 aliphatic rings. The zero-order chi connectivity index (χ0) is 39.3. The molecule has 2 nitrogen and oxygen atoms in total. The fourth-order valence-corrected chi connectivity index (χ4v) is 9.37. The van der Waals surface area contributed by atoms with E-state index in [0.29, 0.717) is 0 Å². The van der Waals surface area contributed by atoms with Gasteiger partial charge in [0.15, 0.2) is 11.2 Å². The molecule has 0 unspecified atom stereocenters. The minimum Gasteiger partial charge on any atom is -0.452 e. The molecule has 2 heteroatoms. The van der Waals surface area contributed by atoms with Crippen LogP contribution < -0.4 is 0 Å². The Morgan fingerprint density at radius 3 is 0.817 bits per heavy atom. The largest absolute Gasteiger partial charge is 0.452 e. The molecular formula is C58H34O2. The van der Waals surface area contributed by atoms with Crippen molar-refractivity contribution in [2.75, 3.05) is 0 Å². The molecule has 60 heavy (non-hydrogen) atoms. The van der Waals surface area contributed by atoms with Gasteiger partial charge in [-0.15, -0.1) is 0 Å². The van der Waals surface area contributed by atoms with Gasteiger partial charge in [-0.25, -0.2) is 0 Å². The van der Waals surface area contributed by atoms with Gasteiger partial charge in [0.25, 0.3) is 0 Å². The molecule has 0 saturated heterocycles. The third kappa shape index (κ3) is 5.28. The molecule has 278 valence electrons. The van der Waals surface area contributed by atoms with Gasteiger partial charge in [-0.1, -0.05) is 133 Å². The third-order valence-electron chi connectivity index (χ3n) is 12.6. The van der Waals surface area contributed by atoms with E-state index in [1.807, 2.05) is 0 Å². The maximum atomic E-state index is 6.57. The van der Waals surface area contributed by atoms with E-state index in [4.69, 9.17) is 8.83 Å². The molecule has 0 amide bonds. The molecule has 2 aromatic heterocycles. The minimum atomic E-state index is 0.782. The number of furan rings is 2. The van der Waals surface area contributed by atoms with Crippen molar-refractivity contribution in [3.63, 3.8) is 0 Å². The Morgan fingerprint density at radius 2 is 0.467 bits per heavy atom. The molecule has 13 rings (SSSR count). The highest BCUT2D eigenvalue weighted by atomic mass is 16.4. The monoisotopic (exact) mass is 762 g/mol. The van der Waals surface area contributed by atoms with Crippen LogP contribution >= 0.6 is 0 Å². The van der Waals surface area contributed by atoms with Gasteiger partial charge < -0.3 is 8.83 Å². The Labute approximate surface area is 345 Å². The van der Waals surface area contributed by atoms with Crippen molar-refractivity contribution in [2.45, 2.75) is 0 Å². The lowest BCUT2D eigenvalue weighted by Crippen LogP contribution is -1.83. The first-order valence-corrected chi connectivity index (χ1v) is 20.5. The molecule has 13 aromatic rings. The number of fused-ring (bicyclic) bond motifs is 11. The second-order valence-electron chi connectivity index (χ2n) is 16.1. The maximum Gasteiger partial charge on any atom is 0.178 e. The Bertz CT molecular complexity index is 3640. The predicted octanol–water partition coefficient (Wildman–Crippen LogP) is 16.8. The number of rotatable bonds is 4. The van der Waals surface area contributed by atoms with Gasteiger partial charge in [-0.05, 0) is 160 Å². The third-order valence-corrected chi connectivity index (χ3v) is 12.6. The number of benzene rings is 11. The summed E-state index contributed by atoms with van der Waals surface area (Å²) < 4.78 is 13.1. The number of hydrogen-bond donors (Lipinski definition) is 0. The Kier molecular flexibility index (Phi) is 7.05. The highest BCUT2D eigenvalue weighted by molar-refractivity contribution is 6.19. The molecule has 0 atom stereocenters. The van der Waals surface area contributed by atoms with Gasteiger partial charge in [0.05, 0.1) is 0 Å². The van der Waals surface area contributed by atoms with Crippen molar-refractivity contribution >= 4 is 87.0 Å². The molecular weight excluding hydrogens is 729 g/mol. The van der Waals surface area contributed by atoms with E-state index in [2.05, 4.69) is 206 Å². The van der Waals surface area contributed by atoms with Gasteiger partial charge in [-0.2, -0.15) is 0 Å². The first-order valence-electron chi connectivity index (χ1n) is 20.5. The highest BCUT2D eigenvalue weighted by Gasteiger charge is 2.18. The van der Waals surface area contributed by atoms with Crippen molar-refractivity contribution in [3.8, 4) is 44.5 Å². The van der Waals surface area contributed by atoms with E-state index in [1.54, 1.807) is 0 Å². The summed E-state index contributed by atoms with van der Waals surface area (Å²) in [4.78, 5) is 0. The van der Waals surface area contributed by atoms with Gasteiger partial charge in [-0.3, -0.25) is 0 Å². The molecule has 0 aliphatic heterocycles. The molecule has 0 aliphatic carbocycles. The average Bonchev–Trinajstić information content (AvgIpc) is 3.88.